The third-order valence-corrected chi connectivity index (χ3v) is 3.26. The highest BCUT2D eigenvalue weighted by atomic mass is 16.5. The van der Waals surface area contributed by atoms with Crippen molar-refractivity contribution in [3.05, 3.63) is 29.0 Å². The SMILES string of the molecule is COC(=O)c1[nH]c2cc3c(cc2c1C)OCC3. The summed E-state index contributed by atoms with van der Waals surface area (Å²) in [4.78, 5) is 14.7. The number of ether oxygens (including phenoxy) is 2. The van der Waals surface area contributed by atoms with E-state index in [1.807, 2.05) is 13.0 Å². The number of esters is 1. The number of methoxy groups -OCH3 is 1. The van der Waals surface area contributed by atoms with Crippen LogP contribution in [0.1, 0.15) is 21.6 Å². The minimum atomic E-state index is -0.334. The van der Waals surface area contributed by atoms with Gasteiger partial charge in [0.25, 0.3) is 0 Å². The number of carbonyl (C=O) groups excluding carboxylic acids is 1. The molecule has 0 aliphatic carbocycles. The fourth-order valence-electron chi connectivity index (χ4n) is 2.31. The van der Waals surface area contributed by atoms with E-state index < -0.39 is 0 Å². The second kappa shape index (κ2) is 3.52. The van der Waals surface area contributed by atoms with Gasteiger partial charge < -0.3 is 14.5 Å². The molecule has 0 atom stereocenters. The highest BCUT2D eigenvalue weighted by Crippen LogP contribution is 2.32. The van der Waals surface area contributed by atoms with Crippen LogP contribution in [0.4, 0.5) is 0 Å². The Kier molecular flexibility index (Phi) is 2.11. The van der Waals surface area contributed by atoms with Crippen molar-refractivity contribution in [1.82, 2.24) is 4.98 Å². The third-order valence-electron chi connectivity index (χ3n) is 3.26. The first-order valence-electron chi connectivity index (χ1n) is 5.57. The average Bonchev–Trinajstić information content (AvgIpc) is 2.91. The molecule has 0 saturated carbocycles. The van der Waals surface area contributed by atoms with Crippen molar-refractivity contribution in [3.8, 4) is 5.75 Å². The van der Waals surface area contributed by atoms with E-state index in [9.17, 15) is 4.79 Å². The molecule has 1 aliphatic heterocycles. The average molecular weight is 231 g/mol. The number of fused-ring (bicyclic) bond motifs is 2. The van der Waals surface area contributed by atoms with Gasteiger partial charge in [-0.1, -0.05) is 0 Å². The van der Waals surface area contributed by atoms with Gasteiger partial charge in [-0.05, 0) is 30.2 Å². The predicted molar refractivity (Wildman–Crippen MR) is 63.6 cm³/mol. The fourth-order valence-corrected chi connectivity index (χ4v) is 2.31. The van der Waals surface area contributed by atoms with Crippen molar-refractivity contribution in [2.24, 2.45) is 0 Å². The molecular weight excluding hydrogens is 218 g/mol. The van der Waals surface area contributed by atoms with Crippen LogP contribution in [0.25, 0.3) is 10.9 Å². The number of nitrogens with one attached hydrogen (secondary N) is 1. The Bertz CT molecular complexity index is 613. The summed E-state index contributed by atoms with van der Waals surface area (Å²) in [6, 6.07) is 4.05. The smallest absolute Gasteiger partial charge is 0.354 e. The van der Waals surface area contributed by atoms with Gasteiger partial charge in [0.15, 0.2) is 0 Å². The molecule has 2 aromatic rings. The van der Waals surface area contributed by atoms with E-state index in [1.165, 1.54) is 12.7 Å². The topological polar surface area (TPSA) is 51.3 Å². The second-order valence-electron chi connectivity index (χ2n) is 4.22. The van der Waals surface area contributed by atoms with E-state index >= 15 is 0 Å². The van der Waals surface area contributed by atoms with Crippen LogP contribution in [-0.2, 0) is 11.2 Å². The second-order valence-corrected chi connectivity index (χ2v) is 4.22. The van der Waals surface area contributed by atoms with Gasteiger partial charge in [-0.3, -0.25) is 0 Å². The zero-order chi connectivity index (χ0) is 12.0. The lowest BCUT2D eigenvalue weighted by Crippen LogP contribution is -2.02. The van der Waals surface area contributed by atoms with Gasteiger partial charge in [0, 0.05) is 17.3 Å². The van der Waals surface area contributed by atoms with E-state index in [0.717, 1.165) is 35.2 Å². The van der Waals surface area contributed by atoms with Gasteiger partial charge in [-0.25, -0.2) is 4.79 Å². The molecule has 4 heteroatoms. The summed E-state index contributed by atoms with van der Waals surface area (Å²) in [6.07, 6.45) is 0.927. The molecule has 1 aromatic carbocycles. The maximum atomic E-state index is 11.6. The van der Waals surface area contributed by atoms with Gasteiger partial charge in [0.2, 0.25) is 0 Å². The van der Waals surface area contributed by atoms with Gasteiger partial charge in [0.1, 0.15) is 11.4 Å². The van der Waals surface area contributed by atoms with Crippen LogP contribution in [0.3, 0.4) is 0 Å². The molecule has 1 N–H and O–H groups in total. The lowest BCUT2D eigenvalue weighted by Gasteiger charge is -1.99. The van der Waals surface area contributed by atoms with E-state index in [4.69, 9.17) is 9.47 Å². The van der Waals surface area contributed by atoms with Crippen molar-refractivity contribution >= 4 is 16.9 Å². The number of aryl methyl sites for hydroxylation is 1. The largest absolute Gasteiger partial charge is 0.493 e. The summed E-state index contributed by atoms with van der Waals surface area (Å²) in [5, 5.41) is 1.02. The molecule has 2 heterocycles. The molecule has 0 radical (unpaired) electrons. The Labute approximate surface area is 98.5 Å². The summed E-state index contributed by atoms with van der Waals surface area (Å²) in [7, 11) is 1.39. The quantitative estimate of drug-likeness (QED) is 0.765. The van der Waals surface area contributed by atoms with E-state index in [1.54, 1.807) is 0 Å². The number of benzene rings is 1. The zero-order valence-corrected chi connectivity index (χ0v) is 9.79. The molecule has 1 aromatic heterocycles. The molecule has 0 fully saturated rings. The standard InChI is InChI=1S/C13H13NO3/c1-7-9-6-11-8(3-4-17-11)5-10(9)14-12(7)13(15)16-2/h5-6,14H,3-4H2,1-2H3. The monoisotopic (exact) mass is 231 g/mol. The van der Waals surface area contributed by atoms with E-state index in [0.29, 0.717) is 5.69 Å². The minimum Gasteiger partial charge on any atom is -0.493 e. The van der Waals surface area contributed by atoms with Crippen molar-refractivity contribution in [1.29, 1.82) is 0 Å². The zero-order valence-electron chi connectivity index (χ0n) is 9.79. The number of carbonyl (C=O) groups is 1. The molecule has 1 aliphatic rings. The molecule has 0 amide bonds. The predicted octanol–water partition coefficient (Wildman–Crippen LogP) is 2.20. The lowest BCUT2D eigenvalue weighted by atomic mass is 10.1. The maximum absolute atomic E-state index is 11.6. The summed E-state index contributed by atoms with van der Waals surface area (Å²) >= 11 is 0. The van der Waals surface area contributed by atoms with Crippen LogP contribution in [-0.4, -0.2) is 24.7 Å². The molecular formula is C13H13NO3. The first kappa shape index (κ1) is 10.2. The maximum Gasteiger partial charge on any atom is 0.354 e. The number of H-pyrrole nitrogens is 1. The number of hydrogen-bond acceptors (Lipinski definition) is 3. The van der Waals surface area contributed by atoms with Crippen LogP contribution in [0.5, 0.6) is 5.75 Å². The number of rotatable bonds is 1. The Balaban J connectivity index is 2.24. The summed E-state index contributed by atoms with van der Waals surface area (Å²) in [5.41, 5.74) is 3.58. The third kappa shape index (κ3) is 1.40. The Morgan fingerprint density at radius 2 is 2.29 bits per heavy atom. The van der Waals surface area contributed by atoms with Gasteiger partial charge in [-0.15, -0.1) is 0 Å². The van der Waals surface area contributed by atoms with Gasteiger partial charge in [0.05, 0.1) is 13.7 Å². The van der Waals surface area contributed by atoms with Gasteiger partial charge >= 0.3 is 5.97 Å². The molecule has 0 spiro atoms. The molecule has 88 valence electrons. The van der Waals surface area contributed by atoms with Crippen LogP contribution in [0.2, 0.25) is 0 Å². The molecule has 0 bridgehead atoms. The Hall–Kier alpha value is -1.97. The highest BCUT2D eigenvalue weighted by molar-refractivity contribution is 5.98. The van der Waals surface area contributed by atoms with Crippen LogP contribution < -0.4 is 4.74 Å². The highest BCUT2D eigenvalue weighted by Gasteiger charge is 2.19. The van der Waals surface area contributed by atoms with E-state index in [2.05, 4.69) is 11.1 Å². The molecule has 3 rings (SSSR count). The summed E-state index contributed by atoms with van der Waals surface area (Å²) < 4.78 is 10.3. The molecule has 17 heavy (non-hydrogen) atoms. The fraction of sp³-hybridized carbons (Fsp3) is 0.308. The van der Waals surface area contributed by atoms with Gasteiger partial charge in [-0.2, -0.15) is 0 Å². The lowest BCUT2D eigenvalue weighted by molar-refractivity contribution is 0.0594. The Morgan fingerprint density at radius 1 is 1.47 bits per heavy atom. The molecule has 0 saturated heterocycles. The molecule has 0 unspecified atom stereocenters. The summed E-state index contributed by atoms with van der Waals surface area (Å²) in [5.74, 6) is 0.593. The van der Waals surface area contributed by atoms with Crippen molar-refractivity contribution in [3.63, 3.8) is 0 Å². The van der Waals surface area contributed by atoms with Crippen molar-refractivity contribution in [2.75, 3.05) is 13.7 Å². The van der Waals surface area contributed by atoms with Crippen molar-refractivity contribution < 1.29 is 14.3 Å². The number of hydrogen-bond donors (Lipinski definition) is 1. The van der Waals surface area contributed by atoms with Crippen molar-refractivity contribution in [2.45, 2.75) is 13.3 Å². The minimum absolute atomic E-state index is 0.334. The van der Waals surface area contributed by atoms with Crippen LogP contribution in [0, 0.1) is 6.92 Å². The first-order valence-corrected chi connectivity index (χ1v) is 5.57. The van der Waals surface area contributed by atoms with Crippen LogP contribution in [0.15, 0.2) is 12.1 Å². The normalized spacial score (nSPS) is 13.5. The van der Waals surface area contributed by atoms with Crippen LogP contribution >= 0.6 is 0 Å². The summed E-state index contributed by atoms with van der Waals surface area (Å²) in [6.45, 7) is 2.65. The van der Waals surface area contributed by atoms with E-state index in [-0.39, 0.29) is 5.97 Å². The number of aromatic amines is 1. The first-order chi connectivity index (χ1) is 8.20. The number of aromatic nitrogens is 1. The Morgan fingerprint density at radius 3 is 3.06 bits per heavy atom. The molecule has 4 nitrogen and oxygen atoms in total.